The molecule has 41 heavy (non-hydrogen) atoms. The monoisotopic (exact) mass is 556 g/mol. The molecule has 0 aliphatic rings. The highest BCUT2D eigenvalue weighted by atomic mass is 16.5. The van der Waals surface area contributed by atoms with Crippen molar-refractivity contribution in [3.05, 3.63) is 95.1 Å². The van der Waals surface area contributed by atoms with E-state index in [1.54, 1.807) is 0 Å². The van der Waals surface area contributed by atoms with Crippen LogP contribution in [0, 0.1) is 33.1 Å². The van der Waals surface area contributed by atoms with Crippen molar-refractivity contribution in [2.45, 2.75) is 27.7 Å². The first-order valence-electron chi connectivity index (χ1n) is 13.5. The second-order valence-electron chi connectivity index (χ2n) is 10.6. The smallest absolute Gasteiger partial charge is 0.142 e. The molecule has 0 fully saturated rings. The summed E-state index contributed by atoms with van der Waals surface area (Å²) in [6.45, 7) is 8.37. The van der Waals surface area contributed by atoms with Gasteiger partial charge in [0, 0.05) is 0 Å². The van der Waals surface area contributed by atoms with E-state index in [-0.39, 0.29) is 26.4 Å². The summed E-state index contributed by atoms with van der Waals surface area (Å²) in [4.78, 5) is 0. The fourth-order valence-electron chi connectivity index (χ4n) is 4.29. The summed E-state index contributed by atoms with van der Waals surface area (Å²) in [5, 5.41) is 0. The Hall–Kier alpha value is -4.72. The maximum atomic E-state index is 6.35. The number of rotatable bonds is 12. The van der Waals surface area contributed by atoms with Gasteiger partial charge in [0.05, 0.1) is 22.7 Å². The van der Waals surface area contributed by atoms with Gasteiger partial charge in [-0.3, -0.25) is 0 Å². The molecule has 0 radical (unpaired) electrons. The zero-order valence-corrected chi connectivity index (χ0v) is 24.2. The summed E-state index contributed by atoms with van der Waals surface area (Å²) in [5.74, 6) is 2.26. The minimum absolute atomic E-state index is 0.157. The van der Waals surface area contributed by atoms with Crippen molar-refractivity contribution in [1.82, 2.24) is 0 Å². The number of benzene rings is 4. The van der Waals surface area contributed by atoms with Crippen LogP contribution in [0.5, 0.6) is 23.0 Å². The molecule has 0 atom stereocenters. The van der Waals surface area contributed by atoms with Gasteiger partial charge in [-0.15, -0.1) is 0 Å². The molecule has 0 heterocycles. The molecule has 0 spiro atoms. The quantitative estimate of drug-likeness (QED) is 0.159. The Morgan fingerprint density at radius 3 is 0.854 bits per heavy atom. The molecule has 0 aliphatic heterocycles. The average molecular weight is 557 g/mol. The van der Waals surface area contributed by atoms with E-state index in [1.807, 2.05) is 100 Å². The van der Waals surface area contributed by atoms with E-state index in [0.29, 0.717) is 45.7 Å². The molecule has 4 aromatic carbocycles. The van der Waals surface area contributed by atoms with Crippen LogP contribution >= 0.6 is 0 Å². The van der Waals surface area contributed by atoms with E-state index in [0.717, 1.165) is 22.3 Å². The van der Waals surface area contributed by atoms with Crippen molar-refractivity contribution in [2.75, 3.05) is 49.4 Å². The van der Waals surface area contributed by atoms with Crippen molar-refractivity contribution in [3.8, 4) is 23.0 Å². The Morgan fingerprint density at radius 2 is 0.634 bits per heavy atom. The fraction of sp³-hybridized carbons (Fsp3) is 0.273. The number of para-hydroxylation sites is 4. The zero-order chi connectivity index (χ0) is 29.6. The summed E-state index contributed by atoms with van der Waals surface area (Å²) in [6.07, 6.45) is 0. The van der Waals surface area contributed by atoms with Gasteiger partial charge in [0.15, 0.2) is 0 Å². The normalized spacial score (nSPS) is 11.2. The summed E-state index contributed by atoms with van der Waals surface area (Å²) in [5.41, 5.74) is 30.5. The first-order valence-corrected chi connectivity index (χ1v) is 13.5. The Bertz CT molecular complexity index is 1280. The second kappa shape index (κ2) is 12.6. The Labute approximate surface area is 242 Å². The fourth-order valence-corrected chi connectivity index (χ4v) is 4.29. The van der Waals surface area contributed by atoms with Crippen LogP contribution in [0.25, 0.3) is 0 Å². The lowest BCUT2D eigenvalue weighted by Crippen LogP contribution is -2.45. The first-order chi connectivity index (χ1) is 19.6. The predicted octanol–water partition coefficient (Wildman–Crippen LogP) is 5.85. The van der Waals surface area contributed by atoms with Gasteiger partial charge in [0.2, 0.25) is 0 Å². The second-order valence-corrected chi connectivity index (χ2v) is 10.6. The van der Waals surface area contributed by atoms with E-state index in [2.05, 4.69) is 0 Å². The standard InChI is InChI=1S/C33H40N4O4/c1-21-9-5-13-25(29(21)34)38-17-33(18-39-26-14-6-10-22(2)30(26)35,19-40-27-15-7-11-23(3)31(27)36)20-41-28-16-8-12-24(4)32(28)37/h5-16H,17-20,34-37H2,1-4H3. The van der Waals surface area contributed by atoms with Crippen molar-refractivity contribution >= 4 is 22.7 Å². The van der Waals surface area contributed by atoms with Gasteiger partial charge < -0.3 is 41.9 Å². The molecule has 0 unspecified atom stereocenters. The molecule has 4 rings (SSSR count). The Morgan fingerprint density at radius 1 is 0.415 bits per heavy atom. The van der Waals surface area contributed by atoms with E-state index in [1.165, 1.54) is 0 Å². The van der Waals surface area contributed by atoms with Crippen LogP contribution in [-0.4, -0.2) is 26.4 Å². The maximum absolute atomic E-state index is 6.35. The van der Waals surface area contributed by atoms with Crippen molar-refractivity contribution in [1.29, 1.82) is 0 Å². The lowest BCUT2D eigenvalue weighted by molar-refractivity contribution is -0.00280. The number of hydrogen-bond donors (Lipinski definition) is 4. The Balaban J connectivity index is 1.70. The number of nitrogen functional groups attached to an aromatic ring is 4. The molecule has 8 N–H and O–H groups in total. The Kier molecular flexibility index (Phi) is 9.02. The third kappa shape index (κ3) is 6.90. The number of anilines is 4. The zero-order valence-electron chi connectivity index (χ0n) is 24.2. The lowest BCUT2D eigenvalue weighted by atomic mass is 9.91. The molecule has 0 amide bonds. The van der Waals surface area contributed by atoms with Gasteiger partial charge in [0.25, 0.3) is 0 Å². The molecule has 0 aromatic heterocycles. The molecule has 0 saturated heterocycles. The molecule has 216 valence electrons. The van der Waals surface area contributed by atoms with Crippen molar-refractivity contribution in [2.24, 2.45) is 5.41 Å². The molecular formula is C33H40N4O4. The van der Waals surface area contributed by atoms with Crippen molar-refractivity contribution < 1.29 is 18.9 Å². The third-order valence-electron chi connectivity index (χ3n) is 7.27. The van der Waals surface area contributed by atoms with Crippen LogP contribution in [0.3, 0.4) is 0 Å². The van der Waals surface area contributed by atoms with E-state index >= 15 is 0 Å². The molecule has 8 nitrogen and oxygen atoms in total. The van der Waals surface area contributed by atoms with Gasteiger partial charge >= 0.3 is 0 Å². The highest BCUT2D eigenvalue weighted by Gasteiger charge is 2.37. The number of nitrogens with two attached hydrogens (primary N) is 4. The van der Waals surface area contributed by atoms with Gasteiger partial charge in [-0.2, -0.15) is 0 Å². The highest BCUT2D eigenvalue weighted by molar-refractivity contribution is 5.60. The largest absolute Gasteiger partial charge is 0.490 e. The summed E-state index contributed by atoms with van der Waals surface area (Å²) < 4.78 is 25.4. The third-order valence-corrected chi connectivity index (χ3v) is 7.27. The molecular weight excluding hydrogens is 516 g/mol. The summed E-state index contributed by atoms with van der Waals surface area (Å²) >= 11 is 0. The molecule has 8 heteroatoms. The molecule has 0 saturated carbocycles. The van der Waals surface area contributed by atoms with Gasteiger partial charge in [-0.1, -0.05) is 48.5 Å². The lowest BCUT2D eigenvalue weighted by Gasteiger charge is -2.34. The van der Waals surface area contributed by atoms with Gasteiger partial charge in [-0.05, 0) is 74.2 Å². The number of aryl methyl sites for hydroxylation is 4. The van der Waals surface area contributed by atoms with Crippen LogP contribution in [-0.2, 0) is 0 Å². The van der Waals surface area contributed by atoms with Crippen molar-refractivity contribution in [3.63, 3.8) is 0 Å². The summed E-state index contributed by atoms with van der Waals surface area (Å²) in [6, 6.07) is 22.7. The molecule has 0 aliphatic carbocycles. The van der Waals surface area contributed by atoms with E-state index < -0.39 is 5.41 Å². The van der Waals surface area contributed by atoms with Crippen LogP contribution in [0.2, 0.25) is 0 Å². The van der Waals surface area contributed by atoms with Crippen LogP contribution in [0.4, 0.5) is 22.7 Å². The number of hydrogen-bond acceptors (Lipinski definition) is 8. The SMILES string of the molecule is Cc1cccc(OCC(COc2cccc(C)c2N)(COc2cccc(C)c2N)COc2cccc(C)c2N)c1N. The van der Waals surface area contributed by atoms with Crippen LogP contribution in [0.1, 0.15) is 22.3 Å². The minimum atomic E-state index is -0.848. The van der Waals surface area contributed by atoms with Gasteiger partial charge in [0.1, 0.15) is 54.8 Å². The summed E-state index contributed by atoms with van der Waals surface area (Å²) in [7, 11) is 0. The van der Waals surface area contributed by atoms with Crippen LogP contribution in [0.15, 0.2) is 72.8 Å². The number of ether oxygens (including phenoxy) is 4. The van der Waals surface area contributed by atoms with E-state index in [4.69, 9.17) is 41.9 Å². The van der Waals surface area contributed by atoms with Gasteiger partial charge in [-0.25, -0.2) is 0 Å². The van der Waals surface area contributed by atoms with Crippen LogP contribution < -0.4 is 41.9 Å². The predicted molar refractivity (Wildman–Crippen MR) is 167 cm³/mol. The molecule has 0 bridgehead atoms. The highest BCUT2D eigenvalue weighted by Crippen LogP contribution is 2.34. The molecule has 4 aromatic rings. The topological polar surface area (TPSA) is 141 Å². The first kappa shape index (κ1) is 29.3. The average Bonchev–Trinajstić information content (AvgIpc) is 2.96. The maximum Gasteiger partial charge on any atom is 0.142 e. The minimum Gasteiger partial charge on any atom is -0.490 e. The van der Waals surface area contributed by atoms with E-state index in [9.17, 15) is 0 Å².